The van der Waals surface area contributed by atoms with Gasteiger partial charge in [-0.25, -0.2) is 0 Å². The quantitative estimate of drug-likeness (QED) is 0.758. The van der Waals surface area contributed by atoms with Crippen LogP contribution in [0.2, 0.25) is 0 Å². The van der Waals surface area contributed by atoms with Gasteiger partial charge < -0.3 is 5.32 Å². The van der Waals surface area contributed by atoms with Crippen LogP contribution in [0.15, 0.2) is 30.3 Å². The van der Waals surface area contributed by atoms with Gasteiger partial charge in [0.05, 0.1) is 0 Å². The molecule has 1 fully saturated rings. The van der Waals surface area contributed by atoms with Crippen molar-refractivity contribution in [2.45, 2.75) is 19.9 Å². The topological polar surface area (TPSA) is 29.1 Å². The Kier molecular flexibility index (Phi) is 2.87. The minimum absolute atomic E-state index is 0.0798. The molecule has 1 aliphatic rings. The summed E-state index contributed by atoms with van der Waals surface area (Å²) in [5, 5.41) is 3.44. The summed E-state index contributed by atoms with van der Waals surface area (Å²) < 4.78 is 0. The standard InChI is InChI=1S/C13H17NO/c1-9-8-14-12(10(2)13(9)15)11-6-4-3-5-7-11/h3-7,9-10,12,14H,8H2,1-2H3. The molecule has 1 saturated heterocycles. The summed E-state index contributed by atoms with van der Waals surface area (Å²) in [7, 11) is 0. The Hall–Kier alpha value is -1.15. The van der Waals surface area contributed by atoms with Crippen molar-refractivity contribution in [1.29, 1.82) is 0 Å². The molecule has 3 unspecified atom stereocenters. The molecule has 1 N–H and O–H groups in total. The van der Waals surface area contributed by atoms with Gasteiger partial charge in [-0.2, -0.15) is 0 Å². The molecule has 0 spiro atoms. The summed E-state index contributed by atoms with van der Waals surface area (Å²) in [5.41, 5.74) is 1.21. The van der Waals surface area contributed by atoms with Crippen molar-refractivity contribution in [3.63, 3.8) is 0 Å². The van der Waals surface area contributed by atoms with E-state index < -0.39 is 0 Å². The number of benzene rings is 1. The zero-order valence-corrected chi connectivity index (χ0v) is 9.23. The van der Waals surface area contributed by atoms with E-state index >= 15 is 0 Å². The molecule has 0 radical (unpaired) electrons. The average molecular weight is 203 g/mol. The Morgan fingerprint density at radius 2 is 1.87 bits per heavy atom. The molecule has 2 rings (SSSR count). The van der Waals surface area contributed by atoms with E-state index in [4.69, 9.17) is 0 Å². The van der Waals surface area contributed by atoms with Crippen LogP contribution in [0.3, 0.4) is 0 Å². The third kappa shape index (κ3) is 1.95. The summed E-state index contributed by atoms with van der Waals surface area (Å²) >= 11 is 0. The first kappa shape index (κ1) is 10.4. The predicted molar refractivity (Wildman–Crippen MR) is 60.5 cm³/mol. The Balaban J connectivity index is 2.21. The molecule has 0 bridgehead atoms. The molecule has 0 aliphatic carbocycles. The largest absolute Gasteiger partial charge is 0.309 e. The molecule has 80 valence electrons. The highest BCUT2D eigenvalue weighted by molar-refractivity contribution is 5.84. The highest BCUT2D eigenvalue weighted by Crippen LogP contribution is 2.28. The van der Waals surface area contributed by atoms with E-state index in [1.54, 1.807) is 0 Å². The molecule has 1 aromatic carbocycles. The van der Waals surface area contributed by atoms with Crippen LogP contribution in [0, 0.1) is 11.8 Å². The number of piperidine rings is 1. The van der Waals surface area contributed by atoms with Gasteiger partial charge in [-0.1, -0.05) is 44.2 Å². The number of carbonyl (C=O) groups excluding carboxylic acids is 1. The number of ketones is 1. The molecule has 2 nitrogen and oxygen atoms in total. The van der Waals surface area contributed by atoms with Crippen LogP contribution in [0.5, 0.6) is 0 Å². The third-order valence-corrected chi connectivity index (χ3v) is 3.24. The van der Waals surface area contributed by atoms with E-state index in [0.29, 0.717) is 5.78 Å². The Morgan fingerprint density at radius 1 is 1.20 bits per heavy atom. The summed E-state index contributed by atoms with van der Waals surface area (Å²) in [5.74, 6) is 0.610. The smallest absolute Gasteiger partial charge is 0.141 e. The Bertz CT molecular complexity index is 347. The maximum Gasteiger partial charge on any atom is 0.141 e. The summed E-state index contributed by atoms with van der Waals surface area (Å²) in [6.45, 7) is 4.80. The fourth-order valence-corrected chi connectivity index (χ4v) is 2.26. The fraction of sp³-hybridized carbons (Fsp3) is 0.462. The normalized spacial score (nSPS) is 31.6. The van der Waals surface area contributed by atoms with Gasteiger partial charge >= 0.3 is 0 Å². The highest BCUT2D eigenvalue weighted by atomic mass is 16.1. The second-order valence-electron chi connectivity index (χ2n) is 4.39. The van der Waals surface area contributed by atoms with Crippen molar-refractivity contribution < 1.29 is 4.79 Å². The summed E-state index contributed by atoms with van der Waals surface area (Å²) in [6, 6.07) is 10.4. The first-order chi connectivity index (χ1) is 7.20. The fourth-order valence-electron chi connectivity index (χ4n) is 2.26. The van der Waals surface area contributed by atoms with Gasteiger partial charge in [-0.15, -0.1) is 0 Å². The van der Waals surface area contributed by atoms with Gasteiger partial charge in [0.25, 0.3) is 0 Å². The number of hydrogen-bond acceptors (Lipinski definition) is 2. The van der Waals surface area contributed by atoms with E-state index in [9.17, 15) is 4.79 Å². The molecule has 15 heavy (non-hydrogen) atoms. The van der Waals surface area contributed by atoms with Crippen LogP contribution in [0.1, 0.15) is 25.5 Å². The minimum atomic E-state index is 0.0798. The second kappa shape index (κ2) is 4.15. The molecule has 1 aromatic rings. The van der Waals surface area contributed by atoms with Gasteiger partial charge in [0.15, 0.2) is 0 Å². The predicted octanol–water partition coefficient (Wildman–Crippen LogP) is 2.17. The lowest BCUT2D eigenvalue weighted by Gasteiger charge is -2.32. The number of carbonyl (C=O) groups is 1. The first-order valence-corrected chi connectivity index (χ1v) is 5.52. The summed E-state index contributed by atoms with van der Waals surface area (Å²) in [4.78, 5) is 11.9. The summed E-state index contributed by atoms with van der Waals surface area (Å²) in [6.07, 6.45) is 0. The van der Waals surface area contributed by atoms with E-state index in [1.165, 1.54) is 5.56 Å². The molecule has 0 amide bonds. The van der Waals surface area contributed by atoms with Crippen LogP contribution < -0.4 is 5.32 Å². The van der Waals surface area contributed by atoms with Gasteiger partial charge in [0.1, 0.15) is 5.78 Å². The number of hydrogen-bond donors (Lipinski definition) is 1. The lowest BCUT2D eigenvalue weighted by atomic mass is 9.82. The van der Waals surface area contributed by atoms with E-state index in [1.807, 2.05) is 32.0 Å². The van der Waals surface area contributed by atoms with Gasteiger partial charge in [-0.05, 0) is 5.56 Å². The van der Waals surface area contributed by atoms with Crippen LogP contribution in [-0.4, -0.2) is 12.3 Å². The zero-order chi connectivity index (χ0) is 10.8. The van der Waals surface area contributed by atoms with Gasteiger partial charge in [-0.3, -0.25) is 4.79 Å². The minimum Gasteiger partial charge on any atom is -0.309 e. The van der Waals surface area contributed by atoms with Crippen LogP contribution in [-0.2, 0) is 4.79 Å². The van der Waals surface area contributed by atoms with Crippen molar-refractivity contribution in [1.82, 2.24) is 5.32 Å². The van der Waals surface area contributed by atoms with Crippen molar-refractivity contribution in [3.05, 3.63) is 35.9 Å². The van der Waals surface area contributed by atoms with Crippen molar-refractivity contribution >= 4 is 5.78 Å². The van der Waals surface area contributed by atoms with E-state index in [-0.39, 0.29) is 17.9 Å². The number of nitrogens with one attached hydrogen (secondary N) is 1. The van der Waals surface area contributed by atoms with Crippen LogP contribution >= 0.6 is 0 Å². The third-order valence-electron chi connectivity index (χ3n) is 3.24. The number of rotatable bonds is 1. The van der Waals surface area contributed by atoms with Gasteiger partial charge in [0.2, 0.25) is 0 Å². The van der Waals surface area contributed by atoms with Gasteiger partial charge in [0, 0.05) is 24.4 Å². The lowest BCUT2D eigenvalue weighted by Crippen LogP contribution is -2.44. The Labute approximate surface area is 90.7 Å². The van der Waals surface area contributed by atoms with Crippen LogP contribution in [0.25, 0.3) is 0 Å². The molecule has 1 aliphatic heterocycles. The maximum atomic E-state index is 11.9. The first-order valence-electron chi connectivity index (χ1n) is 5.52. The number of Topliss-reactive ketones (excluding diaryl/α,β-unsaturated/α-hetero) is 1. The second-order valence-corrected chi connectivity index (χ2v) is 4.39. The molecule has 2 heteroatoms. The molecular weight excluding hydrogens is 186 g/mol. The molecular formula is C13H17NO. The highest BCUT2D eigenvalue weighted by Gasteiger charge is 2.32. The van der Waals surface area contributed by atoms with Crippen molar-refractivity contribution in [3.8, 4) is 0 Å². The van der Waals surface area contributed by atoms with Crippen LogP contribution in [0.4, 0.5) is 0 Å². The molecule has 0 saturated carbocycles. The maximum absolute atomic E-state index is 11.9. The van der Waals surface area contributed by atoms with Crippen molar-refractivity contribution in [2.24, 2.45) is 11.8 Å². The molecule has 1 heterocycles. The SMILES string of the molecule is CC1CNC(c2ccccc2)C(C)C1=O. The van der Waals surface area contributed by atoms with Crippen molar-refractivity contribution in [2.75, 3.05) is 6.54 Å². The zero-order valence-electron chi connectivity index (χ0n) is 9.23. The molecule has 3 atom stereocenters. The van der Waals surface area contributed by atoms with E-state index in [2.05, 4.69) is 17.4 Å². The monoisotopic (exact) mass is 203 g/mol. The van der Waals surface area contributed by atoms with E-state index in [0.717, 1.165) is 6.54 Å². The lowest BCUT2D eigenvalue weighted by molar-refractivity contribution is -0.128. The molecule has 0 aromatic heterocycles. The average Bonchev–Trinajstić information content (AvgIpc) is 2.27. The Morgan fingerprint density at radius 3 is 2.53 bits per heavy atom.